The van der Waals surface area contributed by atoms with Gasteiger partial charge in [-0.1, -0.05) is 78.4 Å². The highest BCUT2D eigenvalue weighted by atomic mass is 32.2. The minimum Gasteiger partial charge on any atom is -0.378 e. The molecule has 1 atom stereocenters. The van der Waals surface area contributed by atoms with E-state index in [2.05, 4.69) is 0 Å². The van der Waals surface area contributed by atoms with Gasteiger partial charge in [0, 0.05) is 24.2 Å². The van der Waals surface area contributed by atoms with Crippen molar-refractivity contribution < 1.29 is 27.9 Å². The number of benzene rings is 3. The fraction of sp³-hybridized carbons (Fsp3) is 0.214. The van der Waals surface area contributed by atoms with Crippen molar-refractivity contribution in [1.82, 2.24) is 9.21 Å². The van der Waals surface area contributed by atoms with Gasteiger partial charge < -0.3 is 14.7 Å². The molecule has 3 aromatic rings. The van der Waals surface area contributed by atoms with Crippen LogP contribution in [-0.2, 0) is 25.3 Å². The fourth-order valence-corrected chi connectivity index (χ4v) is 6.29. The molecule has 0 aromatic heterocycles. The molecule has 37 heavy (non-hydrogen) atoms. The van der Waals surface area contributed by atoms with Crippen molar-refractivity contribution in [3.8, 4) is 0 Å². The summed E-state index contributed by atoms with van der Waals surface area (Å²) in [6, 6.07) is 22.2. The molecular weight excluding hydrogens is 492 g/mol. The lowest BCUT2D eigenvalue weighted by Crippen LogP contribution is -2.53. The Bertz CT molecular complexity index is 1460. The number of aryl methyl sites for hydroxylation is 1. The van der Waals surface area contributed by atoms with Crippen molar-refractivity contribution in [3.63, 3.8) is 0 Å². The normalized spacial score (nSPS) is 20.4. The molecule has 2 aliphatic rings. The van der Waals surface area contributed by atoms with Crippen LogP contribution in [0.1, 0.15) is 21.5 Å². The Hall–Kier alpha value is -3.79. The maximum absolute atomic E-state index is 14.1. The van der Waals surface area contributed by atoms with Gasteiger partial charge in [-0.05, 0) is 19.1 Å². The third-order valence-corrected chi connectivity index (χ3v) is 8.36. The summed E-state index contributed by atoms with van der Waals surface area (Å²) in [5.74, 6) is -1.75. The molecule has 2 heterocycles. The quantitative estimate of drug-likeness (QED) is 0.395. The topological polar surface area (TPSA) is 104 Å². The first kappa shape index (κ1) is 24.9. The number of rotatable bonds is 6. The molecule has 0 spiro atoms. The fourth-order valence-electron chi connectivity index (χ4n) is 4.75. The van der Waals surface area contributed by atoms with Crippen LogP contribution in [-0.4, -0.2) is 60.7 Å². The number of hydrogen-bond acceptors (Lipinski definition) is 7. The monoisotopic (exact) mass is 518 g/mol. The van der Waals surface area contributed by atoms with Gasteiger partial charge >= 0.3 is 0 Å². The molecule has 5 rings (SSSR count). The molecule has 3 aromatic carbocycles. The number of aliphatic hydroxyl groups is 1. The zero-order valence-electron chi connectivity index (χ0n) is 20.2. The second-order valence-electron chi connectivity index (χ2n) is 8.94. The molecule has 0 bridgehead atoms. The Morgan fingerprint density at radius 1 is 0.892 bits per heavy atom. The lowest BCUT2D eigenvalue weighted by molar-refractivity contribution is -0.133. The number of ether oxygens (including phenoxy) is 1. The van der Waals surface area contributed by atoms with Gasteiger partial charge in [0.2, 0.25) is 11.5 Å². The smallest absolute Gasteiger partial charge is 0.276 e. The number of carbonyl (C=O) groups excluding carboxylic acids is 2. The summed E-state index contributed by atoms with van der Waals surface area (Å²) in [5.41, 5.74) is -1.71. The predicted octanol–water partition coefficient (Wildman–Crippen LogP) is 2.84. The van der Waals surface area contributed by atoms with Gasteiger partial charge in [-0.2, -0.15) is 4.31 Å². The average molecular weight is 519 g/mol. The van der Waals surface area contributed by atoms with Crippen LogP contribution in [0.3, 0.4) is 0 Å². The van der Waals surface area contributed by atoms with Crippen LogP contribution in [0.15, 0.2) is 101 Å². The van der Waals surface area contributed by atoms with Gasteiger partial charge in [0.15, 0.2) is 0 Å². The van der Waals surface area contributed by atoms with E-state index >= 15 is 0 Å². The van der Waals surface area contributed by atoms with Crippen LogP contribution in [0.25, 0.3) is 0 Å². The Morgan fingerprint density at radius 2 is 1.46 bits per heavy atom. The van der Waals surface area contributed by atoms with E-state index in [1.54, 1.807) is 77.7 Å². The number of nitrogens with zero attached hydrogens (tertiary/aromatic N) is 2. The summed E-state index contributed by atoms with van der Waals surface area (Å²) in [7, 11) is -4.60. The first-order valence-corrected chi connectivity index (χ1v) is 13.3. The number of Topliss-reactive ketones (excluding diaryl/α,β-unsaturated/α-hetero) is 1. The maximum atomic E-state index is 14.1. The molecule has 1 saturated heterocycles. The second-order valence-corrected chi connectivity index (χ2v) is 10.7. The van der Waals surface area contributed by atoms with Crippen LogP contribution in [0.4, 0.5) is 0 Å². The molecule has 9 heteroatoms. The summed E-state index contributed by atoms with van der Waals surface area (Å²) in [6.45, 7) is 2.93. The van der Waals surface area contributed by atoms with Gasteiger partial charge in [0.1, 0.15) is 5.57 Å². The minimum absolute atomic E-state index is 0.0588. The first-order valence-electron chi connectivity index (χ1n) is 11.9. The molecule has 1 fully saturated rings. The first-order chi connectivity index (χ1) is 17.8. The molecule has 2 aliphatic heterocycles. The molecule has 0 radical (unpaired) electrons. The highest BCUT2D eigenvalue weighted by Crippen LogP contribution is 2.47. The van der Waals surface area contributed by atoms with Gasteiger partial charge in [-0.3, -0.25) is 9.59 Å². The van der Waals surface area contributed by atoms with E-state index in [4.69, 9.17) is 4.74 Å². The zero-order chi connectivity index (χ0) is 26.2. The van der Waals surface area contributed by atoms with Crippen LogP contribution < -0.4 is 0 Å². The highest BCUT2D eigenvalue weighted by molar-refractivity contribution is 7.89. The van der Waals surface area contributed by atoms with Gasteiger partial charge in [0.05, 0.1) is 23.8 Å². The Morgan fingerprint density at radius 3 is 2.05 bits per heavy atom. The van der Waals surface area contributed by atoms with Crippen molar-refractivity contribution in [2.45, 2.75) is 17.5 Å². The van der Waals surface area contributed by atoms with E-state index in [-0.39, 0.29) is 40.4 Å². The molecular formula is C28H26N2O6S. The van der Waals surface area contributed by atoms with Crippen LogP contribution in [0, 0.1) is 6.92 Å². The molecule has 1 unspecified atom stereocenters. The number of morpholine rings is 1. The standard InChI is InChI=1S/C28H26N2O6S/c1-20-12-14-23(15-13-20)37(34,35)30-27(32)24(25(31)21-8-4-2-5-9-21)26(29-16-18-36-19-17-29)28(30,33)22-10-6-3-7-11-22/h2-15,33H,16-19H2,1H3. The van der Waals surface area contributed by atoms with Crippen LogP contribution in [0.2, 0.25) is 0 Å². The maximum Gasteiger partial charge on any atom is 0.276 e. The number of hydrogen-bond donors (Lipinski definition) is 1. The Kier molecular flexibility index (Phi) is 6.45. The average Bonchev–Trinajstić information content (AvgIpc) is 3.17. The zero-order valence-corrected chi connectivity index (χ0v) is 21.0. The molecule has 8 nitrogen and oxygen atoms in total. The molecule has 0 aliphatic carbocycles. The number of sulfonamides is 1. The lowest BCUT2D eigenvalue weighted by Gasteiger charge is -2.40. The lowest BCUT2D eigenvalue weighted by atomic mass is 9.95. The van der Waals surface area contributed by atoms with Gasteiger partial charge in [-0.15, -0.1) is 0 Å². The minimum atomic E-state index is -4.60. The highest BCUT2D eigenvalue weighted by Gasteiger charge is 2.60. The summed E-state index contributed by atoms with van der Waals surface area (Å²) in [6.07, 6.45) is 0. The van der Waals surface area contributed by atoms with E-state index in [0.717, 1.165) is 5.56 Å². The van der Waals surface area contributed by atoms with E-state index in [0.29, 0.717) is 17.5 Å². The van der Waals surface area contributed by atoms with Crippen LogP contribution >= 0.6 is 0 Å². The Labute approximate surface area is 215 Å². The SMILES string of the molecule is Cc1ccc(S(=O)(=O)N2C(=O)C(C(=O)c3ccccc3)=C(N3CCOCC3)C2(O)c2ccccc2)cc1. The van der Waals surface area contributed by atoms with Crippen molar-refractivity contribution in [2.24, 2.45) is 0 Å². The van der Waals surface area contributed by atoms with Gasteiger partial charge in [0.25, 0.3) is 15.9 Å². The second kappa shape index (κ2) is 9.59. The third-order valence-electron chi connectivity index (χ3n) is 6.59. The van der Waals surface area contributed by atoms with Gasteiger partial charge in [-0.25, -0.2) is 8.42 Å². The van der Waals surface area contributed by atoms with Crippen molar-refractivity contribution in [3.05, 3.63) is 113 Å². The van der Waals surface area contributed by atoms with Crippen molar-refractivity contribution in [2.75, 3.05) is 26.3 Å². The number of ketones is 1. The van der Waals surface area contributed by atoms with Crippen molar-refractivity contribution in [1.29, 1.82) is 0 Å². The molecule has 0 saturated carbocycles. The summed E-state index contributed by atoms with van der Waals surface area (Å²) in [4.78, 5) is 29.4. The summed E-state index contributed by atoms with van der Waals surface area (Å²) in [5, 5.41) is 12.5. The summed E-state index contributed by atoms with van der Waals surface area (Å²) < 4.78 is 34.0. The Balaban J connectivity index is 1.79. The molecule has 1 N–H and O–H groups in total. The van der Waals surface area contributed by atoms with E-state index in [9.17, 15) is 23.1 Å². The number of carbonyl (C=O) groups is 2. The molecule has 1 amide bonds. The third kappa shape index (κ3) is 4.15. The number of amides is 1. The van der Waals surface area contributed by atoms with Crippen molar-refractivity contribution >= 4 is 21.7 Å². The van der Waals surface area contributed by atoms with E-state index in [1.165, 1.54) is 12.1 Å². The van der Waals surface area contributed by atoms with Crippen LogP contribution in [0.5, 0.6) is 0 Å². The predicted molar refractivity (Wildman–Crippen MR) is 136 cm³/mol. The van der Waals surface area contributed by atoms with E-state index in [1.807, 2.05) is 6.92 Å². The van der Waals surface area contributed by atoms with E-state index < -0.39 is 27.4 Å². The molecule has 190 valence electrons. The summed E-state index contributed by atoms with van der Waals surface area (Å²) >= 11 is 0. The largest absolute Gasteiger partial charge is 0.378 e.